The maximum Gasteiger partial charge on any atom is 0.0582 e. The van der Waals surface area contributed by atoms with Crippen molar-refractivity contribution in [2.75, 3.05) is 9.80 Å². The lowest BCUT2D eigenvalue weighted by Gasteiger charge is -2.42. The summed E-state index contributed by atoms with van der Waals surface area (Å²) in [5, 5.41) is 2.59. The molecular formula is C90H71N3. The molecule has 14 aromatic rings. The summed E-state index contributed by atoms with van der Waals surface area (Å²) in [7, 11) is 0. The van der Waals surface area contributed by atoms with Crippen LogP contribution in [-0.4, -0.2) is 4.57 Å². The van der Waals surface area contributed by atoms with Crippen LogP contribution >= 0.6 is 0 Å². The van der Waals surface area contributed by atoms with Crippen molar-refractivity contribution < 1.29 is 0 Å². The van der Waals surface area contributed by atoms with Crippen LogP contribution in [0.15, 0.2) is 285 Å². The number of fused-ring (bicyclic) bond motifs is 7. The molecule has 1 aromatic heterocycles. The van der Waals surface area contributed by atoms with E-state index in [1.807, 2.05) is 0 Å². The fourth-order valence-corrected chi connectivity index (χ4v) is 16.9. The summed E-state index contributed by atoms with van der Waals surface area (Å²) in [4.78, 5) is 4.76. The van der Waals surface area contributed by atoms with Gasteiger partial charge in [-0.25, -0.2) is 0 Å². The number of nitrogens with zero attached hydrogens (tertiary/aromatic N) is 3. The molecular weight excluding hydrogens is 1120 g/mol. The van der Waals surface area contributed by atoms with Gasteiger partial charge in [0.1, 0.15) is 0 Å². The SMILES string of the molecule is CC1(C)c2ccccc2-c2ccc(-c3ccc(N(c4ccccc4)c4ccc(-c5cc6c7c(c5)c5cc(-c8ccc(N(c9ccccc9)c9ccc(-c%10ccc%11c(c%10)C(C)(C)c%10ccccc%10-%11)cc9)cc8)cc8c5n7-c5c(cccc5C8(C)C)C6(C)C)cc4)cc3)cc21. The van der Waals surface area contributed by atoms with Crippen LogP contribution < -0.4 is 9.80 Å². The van der Waals surface area contributed by atoms with Crippen LogP contribution in [0.3, 0.4) is 0 Å². The third-order valence-corrected chi connectivity index (χ3v) is 21.9. The largest absolute Gasteiger partial charge is 0.311 e. The monoisotopic (exact) mass is 1190 g/mol. The van der Waals surface area contributed by atoms with Gasteiger partial charge in [-0.3, -0.25) is 0 Å². The summed E-state index contributed by atoms with van der Waals surface area (Å²) >= 11 is 0. The molecule has 3 heteroatoms. The summed E-state index contributed by atoms with van der Waals surface area (Å²) in [6.07, 6.45) is 0. The number of hydrogen-bond donors (Lipinski definition) is 0. The lowest BCUT2D eigenvalue weighted by Crippen LogP contribution is -2.33. The highest BCUT2D eigenvalue weighted by Gasteiger charge is 2.44. The Morgan fingerprint density at radius 3 is 0.871 bits per heavy atom. The van der Waals surface area contributed by atoms with Crippen LogP contribution in [0.4, 0.5) is 34.1 Å². The molecule has 0 bridgehead atoms. The summed E-state index contributed by atoms with van der Waals surface area (Å²) in [6.45, 7) is 19.2. The Morgan fingerprint density at radius 1 is 0.215 bits per heavy atom. The molecule has 0 N–H and O–H groups in total. The van der Waals surface area contributed by atoms with E-state index < -0.39 is 0 Å². The third-order valence-electron chi connectivity index (χ3n) is 21.9. The molecule has 0 fully saturated rings. The quantitative estimate of drug-likeness (QED) is 0.135. The second kappa shape index (κ2) is 19.9. The van der Waals surface area contributed by atoms with Crippen molar-refractivity contribution in [1.29, 1.82) is 0 Å². The van der Waals surface area contributed by atoms with Crippen LogP contribution in [0.5, 0.6) is 0 Å². The maximum atomic E-state index is 2.65. The molecule has 0 atom stereocenters. The Morgan fingerprint density at radius 2 is 0.495 bits per heavy atom. The zero-order valence-electron chi connectivity index (χ0n) is 54.0. The lowest BCUT2D eigenvalue weighted by atomic mass is 9.68. The number of benzene rings is 13. The van der Waals surface area contributed by atoms with Crippen LogP contribution in [-0.2, 0) is 21.7 Å². The Kier molecular flexibility index (Phi) is 11.8. The van der Waals surface area contributed by atoms with E-state index in [2.05, 4.69) is 355 Å². The minimum absolute atomic E-state index is 0.0565. The van der Waals surface area contributed by atoms with Gasteiger partial charge in [0, 0.05) is 66.6 Å². The Hall–Kier alpha value is -10.7. The van der Waals surface area contributed by atoms with Crippen molar-refractivity contribution in [3.63, 3.8) is 0 Å². The summed E-state index contributed by atoms with van der Waals surface area (Å²) in [5.41, 5.74) is 36.2. The predicted molar refractivity (Wildman–Crippen MR) is 391 cm³/mol. The molecule has 446 valence electrons. The Labute approximate surface area is 546 Å². The van der Waals surface area contributed by atoms with E-state index >= 15 is 0 Å². The number of rotatable bonds is 10. The third kappa shape index (κ3) is 8.09. The van der Waals surface area contributed by atoms with Gasteiger partial charge in [-0.05, 0) is 220 Å². The molecule has 0 saturated heterocycles. The zero-order valence-corrected chi connectivity index (χ0v) is 54.0. The predicted octanol–water partition coefficient (Wildman–Crippen LogP) is 24.3. The molecule has 0 amide bonds. The van der Waals surface area contributed by atoms with Crippen molar-refractivity contribution in [2.24, 2.45) is 0 Å². The van der Waals surface area contributed by atoms with Gasteiger partial charge in [-0.15, -0.1) is 0 Å². The average molecular weight is 1190 g/mol. The van der Waals surface area contributed by atoms with Crippen LogP contribution in [0, 0.1) is 0 Å². The molecule has 13 aromatic carbocycles. The van der Waals surface area contributed by atoms with E-state index in [1.54, 1.807) is 0 Å². The first-order chi connectivity index (χ1) is 45.1. The molecule has 3 heterocycles. The first-order valence-corrected chi connectivity index (χ1v) is 33.1. The highest BCUT2D eigenvalue weighted by atomic mass is 15.1. The van der Waals surface area contributed by atoms with E-state index in [4.69, 9.17) is 0 Å². The molecule has 18 rings (SSSR count). The van der Waals surface area contributed by atoms with Crippen molar-refractivity contribution in [3.8, 4) is 72.4 Å². The molecule has 0 spiro atoms. The molecule has 2 aliphatic carbocycles. The summed E-state index contributed by atoms with van der Waals surface area (Å²) in [6, 6.07) is 107. The Bertz CT molecular complexity index is 5060. The van der Waals surface area contributed by atoms with Gasteiger partial charge in [-0.2, -0.15) is 0 Å². The van der Waals surface area contributed by atoms with Crippen LogP contribution in [0.1, 0.15) is 99.9 Å². The van der Waals surface area contributed by atoms with Gasteiger partial charge >= 0.3 is 0 Å². The van der Waals surface area contributed by atoms with Crippen molar-refractivity contribution in [3.05, 3.63) is 330 Å². The molecule has 3 nitrogen and oxygen atoms in total. The van der Waals surface area contributed by atoms with Gasteiger partial charge in [-0.1, -0.05) is 231 Å². The van der Waals surface area contributed by atoms with Gasteiger partial charge in [0.2, 0.25) is 0 Å². The van der Waals surface area contributed by atoms with E-state index in [0.717, 1.165) is 34.1 Å². The summed E-state index contributed by atoms with van der Waals surface area (Å²) < 4.78 is 2.65. The van der Waals surface area contributed by atoms with E-state index in [-0.39, 0.29) is 21.7 Å². The minimum atomic E-state index is -0.260. The first kappa shape index (κ1) is 55.1. The van der Waals surface area contributed by atoms with Gasteiger partial charge in [0.05, 0.1) is 16.7 Å². The normalized spacial score (nSPS) is 15.0. The molecule has 0 radical (unpaired) electrons. The standard InChI is InChI=1S/C90H71N3/c1-87(2)76-26-17-15-24-70(76)72-48-38-60(52-80(72)87)56-30-40-66(41-31-56)91(64-20-11-9-12-21-64)68-44-34-58(35-45-68)62-50-74-75-51-63(55-83-85(75)93-84(74)82(54-62)89(5,6)78-28-19-29-79(86(78)93)90(83,7)8)59-36-46-69(47-37-59)92(65-22-13-10-14-23-65)67-42-32-57(33-43-67)61-39-49-73-71-25-16-18-27-77(71)88(3,4)81(73)53-61/h9-55H,1-8H3. The van der Waals surface area contributed by atoms with Gasteiger partial charge in [0.25, 0.3) is 0 Å². The molecule has 4 aliphatic rings. The zero-order chi connectivity index (χ0) is 62.9. The maximum absolute atomic E-state index is 2.65. The second-order valence-corrected chi connectivity index (χ2v) is 28.5. The average Bonchev–Trinajstić information content (AvgIpc) is 1.63. The fourth-order valence-electron chi connectivity index (χ4n) is 16.9. The highest BCUT2D eigenvalue weighted by molar-refractivity contribution is 6.16. The number of aromatic nitrogens is 1. The Balaban J connectivity index is 0.708. The number of anilines is 6. The lowest BCUT2D eigenvalue weighted by molar-refractivity contribution is 0.594. The van der Waals surface area contributed by atoms with Crippen molar-refractivity contribution >= 4 is 55.9 Å². The van der Waals surface area contributed by atoms with Gasteiger partial charge in [0.15, 0.2) is 0 Å². The van der Waals surface area contributed by atoms with E-state index in [1.165, 1.54) is 139 Å². The second-order valence-electron chi connectivity index (χ2n) is 28.5. The topological polar surface area (TPSA) is 11.4 Å². The summed E-state index contributed by atoms with van der Waals surface area (Å²) in [5.74, 6) is 0. The van der Waals surface area contributed by atoms with E-state index in [0.29, 0.717) is 0 Å². The van der Waals surface area contributed by atoms with E-state index in [9.17, 15) is 0 Å². The number of para-hydroxylation sites is 3. The number of hydrogen-bond acceptors (Lipinski definition) is 2. The molecule has 0 saturated carbocycles. The fraction of sp³-hybridized carbons (Fsp3) is 0.133. The molecule has 0 unspecified atom stereocenters. The van der Waals surface area contributed by atoms with Crippen LogP contribution in [0.25, 0.3) is 94.3 Å². The van der Waals surface area contributed by atoms with Gasteiger partial charge < -0.3 is 14.4 Å². The molecule has 93 heavy (non-hydrogen) atoms. The van der Waals surface area contributed by atoms with Crippen molar-refractivity contribution in [2.45, 2.75) is 77.0 Å². The minimum Gasteiger partial charge on any atom is -0.311 e. The van der Waals surface area contributed by atoms with Crippen LogP contribution in [0.2, 0.25) is 0 Å². The smallest absolute Gasteiger partial charge is 0.0582 e. The highest BCUT2D eigenvalue weighted by Crippen LogP contribution is 2.58. The van der Waals surface area contributed by atoms with Crippen molar-refractivity contribution in [1.82, 2.24) is 4.57 Å². The molecule has 2 aliphatic heterocycles. The first-order valence-electron chi connectivity index (χ1n) is 33.1.